The summed E-state index contributed by atoms with van der Waals surface area (Å²) in [7, 11) is 0. The van der Waals surface area contributed by atoms with E-state index in [-0.39, 0.29) is 0 Å². The molecule has 1 fully saturated rings. The number of thioether (sulfide) groups is 1. The van der Waals surface area contributed by atoms with Gasteiger partial charge in [-0.25, -0.2) is 4.98 Å². The van der Waals surface area contributed by atoms with Crippen molar-refractivity contribution in [1.82, 2.24) is 15.0 Å². The van der Waals surface area contributed by atoms with Crippen LogP contribution in [0.15, 0.2) is 34.7 Å². The molecule has 0 saturated carbocycles. The van der Waals surface area contributed by atoms with E-state index in [0.29, 0.717) is 21.4 Å². The number of aromatic nitrogens is 3. The number of H-pyrrole nitrogens is 1. The molecule has 138 valence electrons. The van der Waals surface area contributed by atoms with Gasteiger partial charge in [0.2, 0.25) is 0 Å². The summed E-state index contributed by atoms with van der Waals surface area (Å²) in [5.41, 5.74) is 8.24. The average Bonchev–Trinajstić information content (AvgIpc) is 3.15. The van der Waals surface area contributed by atoms with Gasteiger partial charge in [0.1, 0.15) is 23.3 Å². The van der Waals surface area contributed by atoms with E-state index < -0.39 is 36.4 Å². The SMILES string of the molecule is [N-]=[N+]=N[C@@H]1C(O)[C@@H](Sc2cc(Cl)cnc2-c2ncc[nH]2)OC(CO)[C@@H]1O. The molecule has 2 aromatic heterocycles. The van der Waals surface area contributed by atoms with Crippen LogP contribution in [-0.4, -0.2) is 66.7 Å². The first-order valence-corrected chi connectivity index (χ1v) is 8.79. The van der Waals surface area contributed by atoms with E-state index in [1.54, 1.807) is 18.5 Å². The molecular formula is C14H15ClN6O4S. The molecule has 0 amide bonds. The number of aliphatic hydroxyl groups is 3. The summed E-state index contributed by atoms with van der Waals surface area (Å²) in [6.45, 7) is -0.499. The quantitative estimate of drug-likeness (QED) is 0.335. The van der Waals surface area contributed by atoms with E-state index in [9.17, 15) is 15.3 Å². The van der Waals surface area contributed by atoms with Gasteiger partial charge >= 0.3 is 0 Å². The number of imidazole rings is 1. The molecule has 10 nitrogen and oxygen atoms in total. The Morgan fingerprint density at radius 2 is 2.19 bits per heavy atom. The first kappa shape index (κ1) is 18.9. The molecular weight excluding hydrogens is 384 g/mol. The van der Waals surface area contributed by atoms with Crippen molar-refractivity contribution < 1.29 is 20.1 Å². The fourth-order valence-corrected chi connectivity index (χ4v) is 4.00. The zero-order chi connectivity index (χ0) is 18.7. The molecule has 0 spiro atoms. The average molecular weight is 399 g/mol. The van der Waals surface area contributed by atoms with Crippen LogP contribution in [0, 0.1) is 0 Å². The Balaban J connectivity index is 1.92. The molecule has 26 heavy (non-hydrogen) atoms. The lowest BCUT2D eigenvalue weighted by Crippen LogP contribution is -2.56. The summed E-state index contributed by atoms with van der Waals surface area (Å²) >= 11 is 7.11. The van der Waals surface area contributed by atoms with Crippen LogP contribution in [0.5, 0.6) is 0 Å². The number of rotatable bonds is 5. The van der Waals surface area contributed by atoms with E-state index in [1.807, 2.05) is 0 Å². The van der Waals surface area contributed by atoms with Gasteiger partial charge in [-0.05, 0) is 11.6 Å². The highest BCUT2D eigenvalue weighted by Crippen LogP contribution is 2.38. The summed E-state index contributed by atoms with van der Waals surface area (Å²) in [6.07, 6.45) is 1.03. The number of hydrogen-bond acceptors (Lipinski definition) is 8. The van der Waals surface area contributed by atoms with Gasteiger partial charge in [-0.15, -0.1) is 0 Å². The summed E-state index contributed by atoms with van der Waals surface area (Å²) < 4.78 is 5.58. The largest absolute Gasteiger partial charge is 0.394 e. The highest BCUT2D eigenvalue weighted by atomic mass is 35.5. The maximum atomic E-state index is 10.5. The van der Waals surface area contributed by atoms with Crippen LogP contribution in [0.25, 0.3) is 22.0 Å². The Morgan fingerprint density at radius 3 is 2.85 bits per heavy atom. The minimum Gasteiger partial charge on any atom is -0.394 e. The van der Waals surface area contributed by atoms with E-state index in [2.05, 4.69) is 25.0 Å². The summed E-state index contributed by atoms with van der Waals surface area (Å²) in [5, 5.41) is 33.8. The number of aliphatic hydroxyl groups excluding tert-OH is 3. The Labute approximate surface area is 156 Å². The highest BCUT2D eigenvalue weighted by Gasteiger charge is 2.44. The van der Waals surface area contributed by atoms with Gasteiger partial charge in [0.15, 0.2) is 5.82 Å². The molecule has 0 bridgehead atoms. The Hall–Kier alpha value is -1.85. The second kappa shape index (κ2) is 8.23. The maximum absolute atomic E-state index is 10.5. The topological polar surface area (TPSA) is 160 Å². The molecule has 1 saturated heterocycles. The number of hydrogen-bond donors (Lipinski definition) is 4. The lowest BCUT2D eigenvalue weighted by molar-refractivity contribution is -0.159. The van der Waals surface area contributed by atoms with Crippen molar-refractivity contribution in [3.63, 3.8) is 0 Å². The fourth-order valence-electron chi connectivity index (χ4n) is 2.57. The van der Waals surface area contributed by atoms with Gasteiger partial charge in [-0.1, -0.05) is 28.5 Å². The zero-order valence-electron chi connectivity index (χ0n) is 13.2. The second-order valence-corrected chi connectivity index (χ2v) is 7.03. The number of nitrogens with zero attached hydrogens (tertiary/aromatic N) is 5. The van der Waals surface area contributed by atoms with Crippen LogP contribution in [0.4, 0.5) is 0 Å². The molecule has 0 aliphatic carbocycles. The van der Waals surface area contributed by atoms with Gasteiger partial charge in [-0.3, -0.25) is 4.98 Å². The monoisotopic (exact) mass is 398 g/mol. The molecule has 1 aliphatic rings. The number of aromatic amines is 1. The van der Waals surface area contributed by atoms with Crippen molar-refractivity contribution in [2.75, 3.05) is 6.61 Å². The third-order valence-electron chi connectivity index (χ3n) is 3.82. The van der Waals surface area contributed by atoms with Crippen LogP contribution < -0.4 is 0 Å². The van der Waals surface area contributed by atoms with Gasteiger partial charge in [0.25, 0.3) is 0 Å². The predicted molar refractivity (Wildman–Crippen MR) is 93.4 cm³/mol. The first-order valence-electron chi connectivity index (χ1n) is 7.53. The fraction of sp³-hybridized carbons (Fsp3) is 0.429. The molecule has 3 rings (SSSR count). The number of pyridine rings is 1. The molecule has 1 aliphatic heterocycles. The summed E-state index contributed by atoms with van der Waals surface area (Å²) in [4.78, 5) is 14.6. The van der Waals surface area contributed by atoms with Crippen molar-refractivity contribution in [3.8, 4) is 11.5 Å². The molecule has 0 aromatic carbocycles. The van der Waals surface area contributed by atoms with Crippen molar-refractivity contribution in [2.45, 2.75) is 34.7 Å². The zero-order valence-corrected chi connectivity index (χ0v) is 14.7. The van der Waals surface area contributed by atoms with Crippen LogP contribution in [0.3, 0.4) is 0 Å². The van der Waals surface area contributed by atoms with E-state index in [4.69, 9.17) is 21.9 Å². The van der Waals surface area contributed by atoms with Gasteiger partial charge in [-0.2, -0.15) is 0 Å². The van der Waals surface area contributed by atoms with Crippen LogP contribution in [0.2, 0.25) is 5.02 Å². The molecule has 0 radical (unpaired) electrons. The number of azide groups is 1. The van der Waals surface area contributed by atoms with Crippen LogP contribution in [-0.2, 0) is 4.74 Å². The van der Waals surface area contributed by atoms with Crippen molar-refractivity contribution in [3.05, 3.63) is 40.1 Å². The van der Waals surface area contributed by atoms with Crippen molar-refractivity contribution in [2.24, 2.45) is 5.11 Å². The Morgan fingerprint density at radius 1 is 1.38 bits per heavy atom. The normalized spacial score (nSPS) is 28.5. The molecule has 5 atom stereocenters. The molecule has 4 N–H and O–H groups in total. The van der Waals surface area contributed by atoms with Gasteiger partial charge in [0.05, 0.1) is 23.8 Å². The number of ether oxygens (including phenoxy) is 1. The van der Waals surface area contributed by atoms with E-state index >= 15 is 0 Å². The standard InChI is InChI=1S/C14H15ClN6O4S/c15-6-3-8(9(19-4-6)13-17-1-2-18-13)26-14-12(24)10(20-21-16)11(23)7(5-22)25-14/h1-4,7,10-12,14,22-24H,5H2,(H,17,18)/t7?,10-,11-,12?,14+/m0/s1. The lowest BCUT2D eigenvalue weighted by Gasteiger charge is -2.40. The summed E-state index contributed by atoms with van der Waals surface area (Å²) in [6, 6.07) is 0.469. The van der Waals surface area contributed by atoms with Crippen molar-refractivity contribution in [1.29, 1.82) is 0 Å². The lowest BCUT2D eigenvalue weighted by atomic mass is 9.98. The number of nitrogens with one attached hydrogen (secondary N) is 1. The van der Waals surface area contributed by atoms with Gasteiger partial charge in [0, 0.05) is 28.4 Å². The predicted octanol–water partition coefficient (Wildman–Crippen LogP) is 1.34. The summed E-state index contributed by atoms with van der Waals surface area (Å²) in [5.74, 6) is 0.500. The third kappa shape index (κ3) is 3.79. The minimum atomic E-state index is -1.33. The molecule has 3 heterocycles. The Bertz CT molecular complexity index is 803. The second-order valence-electron chi connectivity index (χ2n) is 5.46. The smallest absolute Gasteiger partial charge is 0.157 e. The van der Waals surface area contributed by atoms with Crippen LogP contribution >= 0.6 is 23.4 Å². The number of halogens is 1. The minimum absolute atomic E-state index is 0.374. The van der Waals surface area contributed by atoms with Gasteiger partial charge < -0.3 is 25.0 Å². The first-order chi connectivity index (χ1) is 12.5. The highest BCUT2D eigenvalue weighted by molar-refractivity contribution is 8.00. The van der Waals surface area contributed by atoms with Crippen molar-refractivity contribution >= 4 is 23.4 Å². The van der Waals surface area contributed by atoms with E-state index in [1.165, 1.54) is 6.20 Å². The van der Waals surface area contributed by atoms with E-state index in [0.717, 1.165) is 11.8 Å². The Kier molecular flexibility index (Phi) is 5.99. The molecule has 2 unspecified atom stereocenters. The molecule has 2 aromatic rings. The molecule has 12 heteroatoms. The van der Waals surface area contributed by atoms with Crippen LogP contribution in [0.1, 0.15) is 0 Å². The maximum Gasteiger partial charge on any atom is 0.157 e. The third-order valence-corrected chi connectivity index (χ3v) is 5.21.